The molecule has 3 nitrogen and oxygen atoms in total. The Balaban J connectivity index is 2.29. The Bertz CT molecular complexity index is 594. The number of carbonyl (C=O) groups excluding carboxylic acids is 1. The van der Waals surface area contributed by atoms with Gasteiger partial charge in [0.05, 0.1) is 0 Å². The summed E-state index contributed by atoms with van der Waals surface area (Å²) in [6.07, 6.45) is 0. The molecule has 3 heteroatoms. The first-order valence-corrected chi connectivity index (χ1v) is 6.34. The van der Waals surface area contributed by atoms with Crippen LogP contribution >= 0.6 is 0 Å². The van der Waals surface area contributed by atoms with E-state index < -0.39 is 5.60 Å². The van der Waals surface area contributed by atoms with Gasteiger partial charge < -0.3 is 10.0 Å². The van der Waals surface area contributed by atoms with E-state index in [9.17, 15) is 9.90 Å². The summed E-state index contributed by atoms with van der Waals surface area (Å²) in [5.41, 5.74) is -0.252. The van der Waals surface area contributed by atoms with Crippen LogP contribution in [0.5, 0.6) is 0 Å². The van der Waals surface area contributed by atoms with E-state index in [-0.39, 0.29) is 5.91 Å². The van der Waals surface area contributed by atoms with Crippen molar-refractivity contribution >= 4 is 16.7 Å². The van der Waals surface area contributed by atoms with Crippen molar-refractivity contribution in [2.24, 2.45) is 0 Å². The van der Waals surface area contributed by atoms with Gasteiger partial charge in [0.2, 0.25) is 0 Å². The molecular formula is C16H19NO2. The molecule has 0 aliphatic heterocycles. The van der Waals surface area contributed by atoms with Crippen molar-refractivity contribution in [1.82, 2.24) is 4.90 Å². The summed E-state index contributed by atoms with van der Waals surface area (Å²) in [7, 11) is 1.71. The molecule has 0 heterocycles. The first kappa shape index (κ1) is 13.6. The summed E-state index contributed by atoms with van der Waals surface area (Å²) < 4.78 is 0. The Morgan fingerprint density at radius 3 is 2.47 bits per heavy atom. The molecule has 0 saturated heterocycles. The summed E-state index contributed by atoms with van der Waals surface area (Å²) in [5, 5.41) is 12.1. The minimum atomic E-state index is -1.33. The van der Waals surface area contributed by atoms with Crippen molar-refractivity contribution in [3.05, 3.63) is 48.0 Å². The molecule has 0 saturated carbocycles. The van der Waals surface area contributed by atoms with Gasteiger partial charge in [0, 0.05) is 13.6 Å². The maximum Gasteiger partial charge on any atom is 0.253 e. The van der Waals surface area contributed by atoms with Crippen LogP contribution in [0.25, 0.3) is 10.8 Å². The van der Waals surface area contributed by atoms with Crippen LogP contribution < -0.4 is 0 Å². The number of nitrogens with zero attached hydrogens (tertiary/aromatic N) is 1. The van der Waals surface area contributed by atoms with E-state index in [0.29, 0.717) is 6.54 Å². The Labute approximate surface area is 113 Å². The average molecular weight is 257 g/mol. The maximum absolute atomic E-state index is 12.0. The van der Waals surface area contributed by atoms with E-state index in [4.69, 9.17) is 0 Å². The van der Waals surface area contributed by atoms with Crippen molar-refractivity contribution in [3.63, 3.8) is 0 Å². The fourth-order valence-corrected chi connectivity index (χ4v) is 2.22. The van der Waals surface area contributed by atoms with Crippen LogP contribution in [0.1, 0.15) is 19.4 Å². The number of rotatable bonds is 3. The lowest BCUT2D eigenvalue weighted by Gasteiger charge is -2.25. The van der Waals surface area contributed by atoms with Crippen LogP contribution in [0.4, 0.5) is 0 Å². The van der Waals surface area contributed by atoms with E-state index >= 15 is 0 Å². The topological polar surface area (TPSA) is 40.5 Å². The Kier molecular flexibility index (Phi) is 3.58. The van der Waals surface area contributed by atoms with Gasteiger partial charge in [0.25, 0.3) is 5.91 Å². The molecule has 0 spiro atoms. The quantitative estimate of drug-likeness (QED) is 0.918. The first-order valence-electron chi connectivity index (χ1n) is 6.34. The van der Waals surface area contributed by atoms with Crippen molar-refractivity contribution in [1.29, 1.82) is 0 Å². The first-order chi connectivity index (χ1) is 8.89. The highest BCUT2D eigenvalue weighted by Gasteiger charge is 2.27. The summed E-state index contributed by atoms with van der Waals surface area (Å²) in [4.78, 5) is 13.5. The number of carbonyl (C=O) groups is 1. The SMILES string of the molecule is CN(Cc1cccc2ccccc12)C(=O)C(C)(C)O. The third kappa shape index (κ3) is 2.93. The lowest BCUT2D eigenvalue weighted by atomic mass is 10.0. The Morgan fingerprint density at radius 1 is 1.16 bits per heavy atom. The Hall–Kier alpha value is -1.87. The maximum atomic E-state index is 12.0. The fraction of sp³-hybridized carbons (Fsp3) is 0.312. The molecule has 2 rings (SSSR count). The molecule has 0 aliphatic carbocycles. The van der Waals surface area contributed by atoms with Gasteiger partial charge in [-0.25, -0.2) is 0 Å². The predicted octanol–water partition coefficient (Wildman–Crippen LogP) is 2.57. The molecule has 1 amide bonds. The number of aliphatic hydroxyl groups is 1. The van der Waals surface area contributed by atoms with Gasteiger partial charge in [0.15, 0.2) is 0 Å². The molecule has 0 radical (unpaired) electrons. The number of likely N-dealkylation sites (N-methyl/N-ethyl adjacent to an activating group) is 1. The molecule has 2 aromatic rings. The van der Waals surface area contributed by atoms with Gasteiger partial charge >= 0.3 is 0 Å². The van der Waals surface area contributed by atoms with Gasteiger partial charge in [-0.3, -0.25) is 4.79 Å². The molecule has 0 aliphatic rings. The second kappa shape index (κ2) is 5.02. The molecule has 19 heavy (non-hydrogen) atoms. The van der Waals surface area contributed by atoms with E-state index in [1.165, 1.54) is 13.8 Å². The molecule has 2 aromatic carbocycles. The number of hydrogen-bond donors (Lipinski definition) is 1. The third-order valence-corrected chi connectivity index (χ3v) is 3.16. The molecule has 1 N–H and O–H groups in total. The van der Waals surface area contributed by atoms with E-state index in [1.54, 1.807) is 11.9 Å². The van der Waals surface area contributed by atoms with Crippen molar-refractivity contribution in [3.8, 4) is 0 Å². The predicted molar refractivity (Wildman–Crippen MR) is 76.7 cm³/mol. The smallest absolute Gasteiger partial charge is 0.253 e. The van der Waals surface area contributed by atoms with E-state index in [0.717, 1.165) is 16.3 Å². The van der Waals surface area contributed by atoms with Gasteiger partial charge in [-0.05, 0) is 30.2 Å². The van der Waals surface area contributed by atoms with E-state index in [1.807, 2.05) is 30.3 Å². The van der Waals surface area contributed by atoms with Gasteiger partial charge in [-0.1, -0.05) is 42.5 Å². The Morgan fingerprint density at radius 2 is 1.79 bits per heavy atom. The number of fused-ring (bicyclic) bond motifs is 1. The standard InChI is InChI=1S/C16H19NO2/c1-16(2,19)15(18)17(3)11-13-9-6-8-12-7-4-5-10-14(12)13/h4-10,19H,11H2,1-3H3. The molecule has 0 atom stereocenters. The third-order valence-electron chi connectivity index (χ3n) is 3.16. The van der Waals surface area contributed by atoms with Crippen molar-refractivity contribution in [2.45, 2.75) is 26.0 Å². The number of amides is 1. The molecule has 0 aromatic heterocycles. The van der Waals surface area contributed by atoms with Crippen LogP contribution in [0.3, 0.4) is 0 Å². The minimum Gasteiger partial charge on any atom is -0.381 e. The van der Waals surface area contributed by atoms with Gasteiger partial charge in [0.1, 0.15) is 5.60 Å². The molecule has 0 fully saturated rings. The van der Waals surface area contributed by atoms with Crippen molar-refractivity contribution < 1.29 is 9.90 Å². The molecule has 100 valence electrons. The summed E-state index contributed by atoms with van der Waals surface area (Å²) in [6.45, 7) is 3.51. The van der Waals surface area contributed by atoms with Crippen molar-refractivity contribution in [2.75, 3.05) is 7.05 Å². The van der Waals surface area contributed by atoms with E-state index in [2.05, 4.69) is 12.1 Å². The molecule has 0 bridgehead atoms. The zero-order chi connectivity index (χ0) is 14.0. The van der Waals surface area contributed by atoms with Gasteiger partial charge in [-0.15, -0.1) is 0 Å². The largest absolute Gasteiger partial charge is 0.381 e. The zero-order valence-corrected chi connectivity index (χ0v) is 11.6. The summed E-state index contributed by atoms with van der Waals surface area (Å²) >= 11 is 0. The number of benzene rings is 2. The van der Waals surface area contributed by atoms with Crippen LogP contribution in [-0.2, 0) is 11.3 Å². The highest BCUT2D eigenvalue weighted by molar-refractivity contribution is 5.87. The van der Waals surface area contributed by atoms with Gasteiger partial charge in [-0.2, -0.15) is 0 Å². The minimum absolute atomic E-state index is 0.277. The second-order valence-electron chi connectivity index (χ2n) is 5.36. The monoisotopic (exact) mass is 257 g/mol. The zero-order valence-electron chi connectivity index (χ0n) is 11.6. The normalized spacial score (nSPS) is 11.6. The van der Waals surface area contributed by atoms with Crippen LogP contribution in [0, 0.1) is 0 Å². The molecular weight excluding hydrogens is 238 g/mol. The summed E-state index contributed by atoms with van der Waals surface area (Å²) in [5.74, 6) is -0.277. The number of hydrogen-bond acceptors (Lipinski definition) is 2. The van der Waals surface area contributed by atoms with Crippen LogP contribution in [0.15, 0.2) is 42.5 Å². The second-order valence-corrected chi connectivity index (χ2v) is 5.36. The fourth-order valence-electron chi connectivity index (χ4n) is 2.22. The lowest BCUT2D eigenvalue weighted by Crippen LogP contribution is -2.42. The lowest BCUT2D eigenvalue weighted by molar-refractivity contribution is -0.146. The highest BCUT2D eigenvalue weighted by Crippen LogP contribution is 2.20. The molecule has 0 unspecified atom stereocenters. The average Bonchev–Trinajstić information content (AvgIpc) is 2.37. The van der Waals surface area contributed by atoms with Crippen LogP contribution in [0.2, 0.25) is 0 Å². The van der Waals surface area contributed by atoms with Crippen LogP contribution in [-0.4, -0.2) is 28.6 Å². The summed E-state index contributed by atoms with van der Waals surface area (Å²) in [6, 6.07) is 14.1. The highest BCUT2D eigenvalue weighted by atomic mass is 16.3.